The largest absolute Gasteiger partial charge is 0.316 e. The van der Waals surface area contributed by atoms with Crippen molar-refractivity contribution < 1.29 is 8.42 Å². The Bertz CT molecular complexity index is 678. The highest BCUT2D eigenvalue weighted by Crippen LogP contribution is 2.26. The molecule has 0 saturated heterocycles. The molecule has 0 aliphatic rings. The predicted molar refractivity (Wildman–Crippen MR) is 87.8 cm³/mol. The number of thiophene rings is 2. The number of hydrogen-bond acceptors (Lipinski definition) is 5. The van der Waals surface area contributed by atoms with Crippen molar-refractivity contribution in [1.29, 1.82) is 0 Å². The molecule has 110 valence electrons. The van der Waals surface area contributed by atoms with Gasteiger partial charge in [0.25, 0.3) is 10.0 Å². The molecular weight excluding hydrogens is 380 g/mol. The molecule has 0 atom stereocenters. The highest BCUT2D eigenvalue weighted by molar-refractivity contribution is 9.11. The molecule has 0 unspecified atom stereocenters. The lowest BCUT2D eigenvalue weighted by Gasteiger charge is -2.15. The van der Waals surface area contributed by atoms with E-state index in [4.69, 9.17) is 0 Å². The first kappa shape index (κ1) is 16.1. The van der Waals surface area contributed by atoms with E-state index in [0.29, 0.717) is 17.3 Å². The van der Waals surface area contributed by atoms with E-state index < -0.39 is 10.0 Å². The minimum absolute atomic E-state index is 0.379. The van der Waals surface area contributed by atoms with Gasteiger partial charge in [-0.1, -0.05) is 0 Å². The molecule has 0 aliphatic heterocycles. The van der Waals surface area contributed by atoms with Crippen LogP contribution in [0, 0.1) is 0 Å². The maximum absolute atomic E-state index is 12.5. The van der Waals surface area contributed by atoms with E-state index in [9.17, 15) is 8.42 Å². The summed E-state index contributed by atoms with van der Waals surface area (Å²) in [6.45, 7) is 1.05. The summed E-state index contributed by atoms with van der Waals surface area (Å²) < 4.78 is 27.7. The third kappa shape index (κ3) is 3.69. The third-order valence-corrected chi connectivity index (χ3v) is 7.52. The van der Waals surface area contributed by atoms with Crippen molar-refractivity contribution in [2.45, 2.75) is 17.3 Å². The zero-order valence-electron chi connectivity index (χ0n) is 11.1. The van der Waals surface area contributed by atoms with Crippen LogP contribution in [0.3, 0.4) is 0 Å². The molecule has 1 N–H and O–H groups in total. The molecular formula is C12H15BrN2O2S3. The van der Waals surface area contributed by atoms with Crippen LogP contribution in [0.25, 0.3) is 0 Å². The van der Waals surface area contributed by atoms with Gasteiger partial charge in [-0.15, -0.1) is 22.7 Å². The van der Waals surface area contributed by atoms with Crippen LogP contribution in [0.2, 0.25) is 0 Å². The Hall–Kier alpha value is -0.250. The van der Waals surface area contributed by atoms with Crippen LogP contribution in [-0.2, 0) is 23.1 Å². The lowest BCUT2D eigenvalue weighted by atomic mass is 10.3. The monoisotopic (exact) mass is 394 g/mol. The van der Waals surface area contributed by atoms with Gasteiger partial charge in [0, 0.05) is 20.1 Å². The average Bonchev–Trinajstić information content (AvgIpc) is 2.99. The SMILES string of the molecule is CNCc1csc(S(=O)(=O)N(C)Cc2csc(Br)c2)c1. The molecule has 0 aliphatic carbocycles. The van der Waals surface area contributed by atoms with Crippen molar-refractivity contribution in [2.24, 2.45) is 0 Å². The lowest BCUT2D eigenvalue weighted by Crippen LogP contribution is -2.25. The van der Waals surface area contributed by atoms with Crippen LogP contribution in [0.1, 0.15) is 11.1 Å². The summed E-state index contributed by atoms with van der Waals surface area (Å²) in [4.78, 5) is 0. The maximum Gasteiger partial charge on any atom is 0.252 e. The molecule has 2 aromatic heterocycles. The summed E-state index contributed by atoms with van der Waals surface area (Å²) in [5.41, 5.74) is 1.97. The van der Waals surface area contributed by atoms with Crippen LogP contribution in [0.5, 0.6) is 0 Å². The van der Waals surface area contributed by atoms with Crippen molar-refractivity contribution in [3.8, 4) is 0 Å². The van der Waals surface area contributed by atoms with E-state index >= 15 is 0 Å². The summed E-state index contributed by atoms with van der Waals surface area (Å²) in [7, 11) is 0.0372. The molecule has 0 fully saturated rings. The first-order valence-corrected chi connectivity index (χ1v) is 9.84. The van der Waals surface area contributed by atoms with Gasteiger partial charge >= 0.3 is 0 Å². The van der Waals surface area contributed by atoms with Crippen LogP contribution in [-0.4, -0.2) is 26.8 Å². The number of sulfonamides is 1. The second-order valence-corrected chi connectivity index (χ2v) is 9.80. The van der Waals surface area contributed by atoms with Gasteiger partial charge < -0.3 is 5.32 Å². The summed E-state index contributed by atoms with van der Waals surface area (Å²) in [6.07, 6.45) is 0. The fraction of sp³-hybridized carbons (Fsp3) is 0.333. The van der Waals surface area contributed by atoms with Gasteiger partial charge in [-0.3, -0.25) is 0 Å². The zero-order chi connectivity index (χ0) is 14.8. The predicted octanol–water partition coefficient (Wildman–Crippen LogP) is 3.11. The third-order valence-electron chi connectivity index (χ3n) is 2.70. The molecule has 0 bridgehead atoms. The van der Waals surface area contributed by atoms with E-state index in [1.165, 1.54) is 15.6 Å². The first-order chi connectivity index (χ1) is 9.43. The second-order valence-electron chi connectivity index (χ2n) is 4.32. The smallest absolute Gasteiger partial charge is 0.252 e. The van der Waals surface area contributed by atoms with Crippen LogP contribution in [0.4, 0.5) is 0 Å². The summed E-state index contributed by atoms with van der Waals surface area (Å²) >= 11 is 6.20. The summed E-state index contributed by atoms with van der Waals surface area (Å²) in [5.74, 6) is 0. The number of rotatable bonds is 6. The van der Waals surface area contributed by atoms with Gasteiger partial charge in [0.1, 0.15) is 4.21 Å². The number of hydrogen-bond donors (Lipinski definition) is 1. The Balaban J connectivity index is 2.15. The minimum atomic E-state index is -3.41. The highest BCUT2D eigenvalue weighted by Gasteiger charge is 2.23. The van der Waals surface area contributed by atoms with Gasteiger partial charge in [-0.05, 0) is 57.0 Å². The average molecular weight is 395 g/mol. The lowest BCUT2D eigenvalue weighted by molar-refractivity contribution is 0.469. The standard InChI is InChI=1S/C12H15BrN2O2S3/c1-14-5-9-4-12(19-7-9)20(16,17)15(2)6-10-3-11(13)18-8-10/h3-4,7-8,14H,5-6H2,1-2H3. The highest BCUT2D eigenvalue weighted by atomic mass is 79.9. The molecule has 0 amide bonds. The minimum Gasteiger partial charge on any atom is -0.316 e. The van der Waals surface area contributed by atoms with E-state index in [0.717, 1.165) is 14.9 Å². The van der Waals surface area contributed by atoms with Crippen LogP contribution >= 0.6 is 38.6 Å². The zero-order valence-corrected chi connectivity index (χ0v) is 15.1. The molecule has 20 heavy (non-hydrogen) atoms. The first-order valence-electron chi connectivity index (χ1n) is 5.84. The summed E-state index contributed by atoms with van der Waals surface area (Å²) in [6, 6.07) is 3.67. The molecule has 0 radical (unpaired) electrons. The second kappa shape index (κ2) is 6.67. The molecule has 0 saturated carbocycles. The van der Waals surface area contributed by atoms with E-state index in [-0.39, 0.29) is 0 Å². The van der Waals surface area contributed by atoms with Crippen molar-refractivity contribution in [2.75, 3.05) is 14.1 Å². The van der Waals surface area contributed by atoms with Gasteiger partial charge in [-0.25, -0.2) is 8.42 Å². The van der Waals surface area contributed by atoms with E-state index in [1.54, 1.807) is 24.5 Å². The molecule has 8 heteroatoms. The molecule has 2 aromatic rings. The van der Waals surface area contributed by atoms with Crippen molar-refractivity contribution in [1.82, 2.24) is 9.62 Å². The Morgan fingerprint density at radius 3 is 2.55 bits per heavy atom. The van der Waals surface area contributed by atoms with Crippen LogP contribution in [0.15, 0.2) is 30.9 Å². The quantitative estimate of drug-likeness (QED) is 0.818. The molecule has 0 aromatic carbocycles. The Morgan fingerprint density at radius 2 is 1.95 bits per heavy atom. The maximum atomic E-state index is 12.5. The molecule has 2 rings (SSSR count). The Kier molecular flexibility index (Phi) is 5.38. The van der Waals surface area contributed by atoms with Crippen molar-refractivity contribution >= 4 is 48.6 Å². The van der Waals surface area contributed by atoms with E-state index in [2.05, 4.69) is 21.2 Å². The Morgan fingerprint density at radius 1 is 1.25 bits per heavy atom. The van der Waals surface area contributed by atoms with Gasteiger partial charge in [0.05, 0.1) is 3.79 Å². The van der Waals surface area contributed by atoms with Gasteiger partial charge in [-0.2, -0.15) is 4.31 Å². The number of nitrogens with one attached hydrogen (secondary N) is 1. The fourth-order valence-electron chi connectivity index (χ4n) is 1.71. The number of halogens is 1. The van der Waals surface area contributed by atoms with Gasteiger partial charge in [0.2, 0.25) is 0 Å². The fourth-order valence-corrected chi connectivity index (χ4v) is 5.49. The summed E-state index contributed by atoms with van der Waals surface area (Å²) in [5, 5.41) is 6.84. The van der Waals surface area contributed by atoms with Gasteiger partial charge in [0.15, 0.2) is 0 Å². The van der Waals surface area contributed by atoms with Crippen molar-refractivity contribution in [3.63, 3.8) is 0 Å². The topological polar surface area (TPSA) is 49.4 Å². The van der Waals surface area contributed by atoms with Crippen molar-refractivity contribution in [3.05, 3.63) is 37.8 Å². The Labute approximate surface area is 135 Å². The molecule has 4 nitrogen and oxygen atoms in total. The van der Waals surface area contributed by atoms with Crippen LogP contribution < -0.4 is 5.32 Å². The number of nitrogens with zero attached hydrogens (tertiary/aromatic N) is 1. The normalized spacial score (nSPS) is 12.2. The molecule has 0 spiro atoms. The van der Waals surface area contributed by atoms with E-state index in [1.807, 2.05) is 23.9 Å². The molecule has 2 heterocycles.